The summed E-state index contributed by atoms with van der Waals surface area (Å²) in [6.07, 6.45) is 2.12. The van der Waals surface area contributed by atoms with Crippen LogP contribution < -0.4 is 0 Å². The molecule has 0 atom stereocenters. The Morgan fingerprint density at radius 1 is 0.897 bits per heavy atom. The van der Waals surface area contributed by atoms with E-state index in [2.05, 4.69) is 10.1 Å². The van der Waals surface area contributed by atoms with E-state index in [1.165, 1.54) is 11.1 Å². The molecule has 0 spiro atoms. The number of pyridine rings is 1. The van der Waals surface area contributed by atoms with Crippen LogP contribution in [0.4, 0.5) is 0 Å². The molecule has 6 heteroatoms. The Morgan fingerprint density at radius 3 is 2.31 bits per heavy atom. The Balaban J connectivity index is 1.56. The van der Waals surface area contributed by atoms with Gasteiger partial charge in [0.05, 0.1) is 27.9 Å². The van der Waals surface area contributed by atoms with E-state index < -0.39 is 0 Å². The Kier molecular flexibility index (Phi) is 3.98. The highest BCUT2D eigenvalue weighted by atomic mass is 16.2. The standard InChI is InChI=1S/C23H18N4O2/c1-15-19-20-18(14-24-21(19)27(25-15)17-10-6-3-7-11-17)22(28)26(23(20)29)13-12-16-8-4-2-5-9-16/h2-11,14H,12-13H2,1H3. The first-order valence-electron chi connectivity index (χ1n) is 9.49. The topological polar surface area (TPSA) is 68.1 Å². The summed E-state index contributed by atoms with van der Waals surface area (Å²) < 4.78 is 1.72. The van der Waals surface area contributed by atoms with Gasteiger partial charge in [-0.05, 0) is 31.0 Å². The number of aromatic nitrogens is 3. The van der Waals surface area contributed by atoms with Gasteiger partial charge in [0, 0.05) is 12.7 Å². The largest absolute Gasteiger partial charge is 0.274 e. The summed E-state index contributed by atoms with van der Waals surface area (Å²) >= 11 is 0. The average Bonchev–Trinajstić information content (AvgIpc) is 3.22. The normalized spacial score (nSPS) is 13.3. The third kappa shape index (κ3) is 2.72. The van der Waals surface area contributed by atoms with Crippen LogP contribution in [0.25, 0.3) is 16.7 Å². The van der Waals surface area contributed by atoms with Crippen LogP contribution in [0.2, 0.25) is 0 Å². The summed E-state index contributed by atoms with van der Waals surface area (Å²) in [5, 5.41) is 5.23. The smallest absolute Gasteiger partial charge is 0.263 e. The van der Waals surface area contributed by atoms with Crippen molar-refractivity contribution in [2.45, 2.75) is 13.3 Å². The number of rotatable bonds is 4. The molecule has 0 N–H and O–H groups in total. The number of imide groups is 1. The van der Waals surface area contributed by atoms with Crippen LogP contribution >= 0.6 is 0 Å². The second kappa shape index (κ2) is 6.67. The molecule has 2 aromatic carbocycles. The summed E-state index contributed by atoms with van der Waals surface area (Å²) in [6, 6.07) is 19.5. The number of carbonyl (C=O) groups excluding carboxylic acids is 2. The van der Waals surface area contributed by atoms with E-state index in [1.807, 2.05) is 67.6 Å². The predicted molar refractivity (Wildman–Crippen MR) is 109 cm³/mol. The number of carbonyl (C=O) groups is 2. The fourth-order valence-electron chi connectivity index (χ4n) is 3.85. The van der Waals surface area contributed by atoms with Crippen molar-refractivity contribution in [3.8, 4) is 5.69 Å². The number of amides is 2. The molecular formula is C23H18N4O2. The molecule has 1 aliphatic heterocycles. The molecule has 0 unspecified atom stereocenters. The van der Waals surface area contributed by atoms with Crippen LogP contribution in [0.5, 0.6) is 0 Å². The average molecular weight is 382 g/mol. The molecule has 142 valence electrons. The maximum absolute atomic E-state index is 13.2. The SMILES string of the molecule is Cc1nn(-c2ccccc2)c2ncc3c(c12)C(=O)N(CCc1ccccc1)C3=O. The molecule has 6 nitrogen and oxygen atoms in total. The third-order valence-electron chi connectivity index (χ3n) is 5.27. The number of fused-ring (bicyclic) bond motifs is 3. The van der Waals surface area contributed by atoms with Crippen molar-refractivity contribution in [3.05, 3.63) is 89.2 Å². The van der Waals surface area contributed by atoms with E-state index in [1.54, 1.807) is 4.68 Å². The fraction of sp³-hybridized carbons (Fsp3) is 0.130. The summed E-state index contributed by atoms with van der Waals surface area (Å²) in [4.78, 5) is 31.9. The third-order valence-corrected chi connectivity index (χ3v) is 5.27. The minimum Gasteiger partial charge on any atom is -0.274 e. The van der Waals surface area contributed by atoms with Gasteiger partial charge < -0.3 is 0 Å². The van der Waals surface area contributed by atoms with Gasteiger partial charge in [0.15, 0.2) is 5.65 Å². The van der Waals surface area contributed by atoms with Gasteiger partial charge in [-0.1, -0.05) is 48.5 Å². The molecule has 3 heterocycles. The first-order valence-corrected chi connectivity index (χ1v) is 9.49. The molecule has 0 bridgehead atoms. The number of hydrogen-bond donors (Lipinski definition) is 0. The van der Waals surface area contributed by atoms with Gasteiger partial charge in [0.1, 0.15) is 0 Å². The monoisotopic (exact) mass is 382 g/mol. The molecule has 29 heavy (non-hydrogen) atoms. The lowest BCUT2D eigenvalue weighted by Gasteiger charge is -2.13. The molecule has 0 saturated heterocycles. The fourth-order valence-corrected chi connectivity index (χ4v) is 3.85. The number of hydrogen-bond acceptors (Lipinski definition) is 4. The van der Waals surface area contributed by atoms with Crippen molar-refractivity contribution in [3.63, 3.8) is 0 Å². The van der Waals surface area contributed by atoms with E-state index in [9.17, 15) is 9.59 Å². The van der Waals surface area contributed by atoms with E-state index in [0.717, 1.165) is 11.3 Å². The Labute approximate surface area is 167 Å². The lowest BCUT2D eigenvalue weighted by atomic mass is 10.1. The van der Waals surface area contributed by atoms with Crippen molar-refractivity contribution in [1.82, 2.24) is 19.7 Å². The number of para-hydroxylation sites is 1. The molecule has 1 aliphatic rings. The van der Waals surface area contributed by atoms with Gasteiger partial charge in [0.25, 0.3) is 11.8 Å². The summed E-state index contributed by atoms with van der Waals surface area (Å²) in [7, 11) is 0. The van der Waals surface area contributed by atoms with Crippen LogP contribution in [-0.4, -0.2) is 38.0 Å². The molecule has 0 fully saturated rings. The van der Waals surface area contributed by atoms with Crippen molar-refractivity contribution in [2.75, 3.05) is 6.54 Å². The predicted octanol–water partition coefficient (Wildman–Crippen LogP) is 3.57. The van der Waals surface area contributed by atoms with Crippen LogP contribution in [0.1, 0.15) is 32.0 Å². The van der Waals surface area contributed by atoms with Crippen LogP contribution in [0.15, 0.2) is 66.9 Å². The highest BCUT2D eigenvalue weighted by Gasteiger charge is 2.38. The van der Waals surface area contributed by atoms with Gasteiger partial charge in [-0.3, -0.25) is 14.5 Å². The van der Waals surface area contributed by atoms with Crippen LogP contribution in [-0.2, 0) is 6.42 Å². The quantitative estimate of drug-likeness (QED) is 0.506. The molecular weight excluding hydrogens is 364 g/mol. The number of nitrogens with zero attached hydrogens (tertiary/aromatic N) is 4. The van der Waals surface area contributed by atoms with Gasteiger partial charge >= 0.3 is 0 Å². The molecule has 2 aromatic heterocycles. The van der Waals surface area contributed by atoms with Crippen molar-refractivity contribution >= 4 is 22.8 Å². The summed E-state index contributed by atoms with van der Waals surface area (Å²) in [6.45, 7) is 2.18. The van der Waals surface area contributed by atoms with Crippen LogP contribution in [0, 0.1) is 6.92 Å². The molecule has 0 radical (unpaired) electrons. The zero-order valence-corrected chi connectivity index (χ0v) is 15.9. The number of aryl methyl sites for hydroxylation is 1. The summed E-state index contributed by atoms with van der Waals surface area (Å²) in [5.74, 6) is -0.564. The molecule has 5 rings (SSSR count). The minimum absolute atomic E-state index is 0.274. The second-order valence-corrected chi connectivity index (χ2v) is 7.08. The Bertz CT molecular complexity index is 1250. The zero-order valence-electron chi connectivity index (χ0n) is 15.9. The van der Waals surface area contributed by atoms with E-state index >= 15 is 0 Å². The zero-order chi connectivity index (χ0) is 20.0. The van der Waals surface area contributed by atoms with E-state index in [4.69, 9.17) is 0 Å². The van der Waals surface area contributed by atoms with Gasteiger partial charge in [-0.2, -0.15) is 5.10 Å². The Hall–Kier alpha value is -3.80. The second-order valence-electron chi connectivity index (χ2n) is 7.08. The van der Waals surface area contributed by atoms with E-state index in [-0.39, 0.29) is 11.8 Å². The first-order chi connectivity index (χ1) is 14.1. The minimum atomic E-state index is -0.290. The van der Waals surface area contributed by atoms with Gasteiger partial charge in [-0.15, -0.1) is 0 Å². The van der Waals surface area contributed by atoms with Crippen molar-refractivity contribution in [1.29, 1.82) is 0 Å². The molecule has 0 aliphatic carbocycles. The maximum atomic E-state index is 13.2. The van der Waals surface area contributed by atoms with Crippen LogP contribution in [0.3, 0.4) is 0 Å². The molecule has 4 aromatic rings. The van der Waals surface area contributed by atoms with E-state index in [0.29, 0.717) is 40.8 Å². The summed E-state index contributed by atoms with van der Waals surface area (Å²) in [5.41, 5.74) is 3.97. The highest BCUT2D eigenvalue weighted by molar-refractivity contribution is 6.26. The first kappa shape index (κ1) is 17.3. The highest BCUT2D eigenvalue weighted by Crippen LogP contribution is 2.32. The lowest BCUT2D eigenvalue weighted by molar-refractivity contribution is 0.0656. The van der Waals surface area contributed by atoms with Crippen molar-refractivity contribution < 1.29 is 9.59 Å². The van der Waals surface area contributed by atoms with Gasteiger partial charge in [-0.25, -0.2) is 9.67 Å². The Morgan fingerprint density at radius 2 is 1.59 bits per heavy atom. The lowest BCUT2D eigenvalue weighted by Crippen LogP contribution is -2.31. The molecule has 2 amide bonds. The maximum Gasteiger partial charge on any atom is 0.263 e. The number of benzene rings is 2. The van der Waals surface area contributed by atoms with Crippen molar-refractivity contribution in [2.24, 2.45) is 0 Å². The van der Waals surface area contributed by atoms with Gasteiger partial charge in [0.2, 0.25) is 0 Å². The molecule has 0 saturated carbocycles.